The smallest absolute Gasteiger partial charge is 0.160 e. The Kier molecular flexibility index (Phi) is 3.74. The Morgan fingerprint density at radius 2 is 2.00 bits per heavy atom. The van der Waals surface area contributed by atoms with Crippen LogP contribution in [0.25, 0.3) is 5.65 Å². The van der Waals surface area contributed by atoms with Crippen molar-refractivity contribution < 1.29 is 0 Å². The quantitative estimate of drug-likeness (QED) is 0.796. The zero-order valence-electron chi connectivity index (χ0n) is 11.2. The first-order valence-electron chi connectivity index (χ1n) is 6.46. The summed E-state index contributed by atoms with van der Waals surface area (Å²) in [7, 11) is 0. The van der Waals surface area contributed by atoms with Gasteiger partial charge in [0.2, 0.25) is 0 Å². The molecule has 2 unspecified atom stereocenters. The lowest BCUT2D eigenvalue weighted by atomic mass is 10.2. The Hall–Kier alpha value is -1.43. The molecule has 0 saturated carbocycles. The fourth-order valence-electron chi connectivity index (χ4n) is 2.25. The summed E-state index contributed by atoms with van der Waals surface area (Å²) >= 11 is 7.58. The van der Waals surface area contributed by atoms with Crippen LogP contribution in [0.2, 0.25) is 4.34 Å². The molecule has 3 aromatic heterocycles. The summed E-state index contributed by atoms with van der Waals surface area (Å²) in [5, 5.41) is 12.0. The molecule has 20 heavy (non-hydrogen) atoms. The number of hydrogen-bond acceptors (Lipinski definition) is 4. The van der Waals surface area contributed by atoms with Crippen LogP contribution in [-0.4, -0.2) is 14.6 Å². The molecule has 0 amide bonds. The molecular formula is C14H15ClN4S. The van der Waals surface area contributed by atoms with Crippen LogP contribution in [0.15, 0.2) is 36.5 Å². The second kappa shape index (κ2) is 5.52. The Labute approximate surface area is 126 Å². The molecule has 0 saturated heterocycles. The van der Waals surface area contributed by atoms with Gasteiger partial charge < -0.3 is 5.32 Å². The Bertz CT molecular complexity index is 721. The lowest BCUT2D eigenvalue weighted by Gasteiger charge is -2.17. The summed E-state index contributed by atoms with van der Waals surface area (Å²) < 4.78 is 2.82. The third-order valence-corrected chi connectivity index (χ3v) is 4.66. The monoisotopic (exact) mass is 306 g/mol. The zero-order chi connectivity index (χ0) is 14.1. The van der Waals surface area contributed by atoms with Crippen molar-refractivity contribution in [3.63, 3.8) is 0 Å². The van der Waals surface area contributed by atoms with Gasteiger partial charge in [0, 0.05) is 17.1 Å². The minimum Gasteiger partial charge on any atom is -0.300 e. The zero-order valence-corrected chi connectivity index (χ0v) is 12.8. The van der Waals surface area contributed by atoms with Gasteiger partial charge in [-0.2, -0.15) is 0 Å². The minimum absolute atomic E-state index is 0.100. The highest BCUT2D eigenvalue weighted by molar-refractivity contribution is 7.16. The molecule has 3 aromatic rings. The molecule has 6 heteroatoms. The summed E-state index contributed by atoms with van der Waals surface area (Å²) in [6, 6.07) is 10.2. The molecule has 104 valence electrons. The summed E-state index contributed by atoms with van der Waals surface area (Å²) in [6.45, 7) is 4.22. The summed E-state index contributed by atoms with van der Waals surface area (Å²) in [5.74, 6) is 0.912. The van der Waals surface area contributed by atoms with Crippen LogP contribution in [0.1, 0.15) is 36.6 Å². The molecule has 2 atom stereocenters. The van der Waals surface area contributed by atoms with Crippen LogP contribution in [0, 0.1) is 0 Å². The van der Waals surface area contributed by atoms with Crippen LogP contribution in [0.4, 0.5) is 0 Å². The molecule has 0 bridgehead atoms. The molecule has 0 aliphatic rings. The van der Waals surface area contributed by atoms with Gasteiger partial charge in [-0.15, -0.1) is 21.5 Å². The van der Waals surface area contributed by atoms with Crippen molar-refractivity contribution in [1.29, 1.82) is 0 Å². The van der Waals surface area contributed by atoms with Crippen LogP contribution < -0.4 is 5.32 Å². The molecule has 0 aromatic carbocycles. The van der Waals surface area contributed by atoms with E-state index in [1.165, 1.54) is 4.88 Å². The van der Waals surface area contributed by atoms with Gasteiger partial charge in [0.1, 0.15) is 0 Å². The van der Waals surface area contributed by atoms with Gasteiger partial charge in [0.25, 0.3) is 0 Å². The molecule has 4 nitrogen and oxygen atoms in total. The number of aromatic nitrogens is 3. The molecule has 0 radical (unpaired) electrons. The molecule has 0 aliphatic heterocycles. The van der Waals surface area contributed by atoms with Crippen molar-refractivity contribution in [2.24, 2.45) is 0 Å². The van der Waals surface area contributed by atoms with Crippen LogP contribution in [-0.2, 0) is 0 Å². The average Bonchev–Trinajstić information content (AvgIpc) is 3.04. The van der Waals surface area contributed by atoms with Crippen molar-refractivity contribution in [3.05, 3.63) is 51.6 Å². The number of fused-ring (bicyclic) bond motifs is 1. The van der Waals surface area contributed by atoms with Crippen molar-refractivity contribution in [2.75, 3.05) is 0 Å². The minimum atomic E-state index is 0.100. The normalized spacial score (nSPS) is 14.6. The largest absolute Gasteiger partial charge is 0.300 e. The number of thiophene rings is 1. The van der Waals surface area contributed by atoms with E-state index in [9.17, 15) is 0 Å². The molecule has 0 aliphatic carbocycles. The predicted molar refractivity (Wildman–Crippen MR) is 82.3 cm³/mol. The first kappa shape index (κ1) is 13.5. The Morgan fingerprint density at radius 3 is 2.75 bits per heavy atom. The van der Waals surface area contributed by atoms with Gasteiger partial charge in [-0.1, -0.05) is 17.7 Å². The lowest BCUT2D eigenvalue weighted by Crippen LogP contribution is -2.23. The number of pyridine rings is 1. The van der Waals surface area contributed by atoms with Gasteiger partial charge in [-0.3, -0.25) is 4.40 Å². The third kappa shape index (κ3) is 2.57. The highest BCUT2D eigenvalue weighted by atomic mass is 35.5. The lowest BCUT2D eigenvalue weighted by molar-refractivity contribution is 0.478. The van der Waals surface area contributed by atoms with Crippen molar-refractivity contribution in [1.82, 2.24) is 19.9 Å². The summed E-state index contributed by atoms with van der Waals surface area (Å²) in [6.07, 6.45) is 1.98. The topological polar surface area (TPSA) is 42.2 Å². The van der Waals surface area contributed by atoms with E-state index >= 15 is 0 Å². The van der Waals surface area contributed by atoms with Gasteiger partial charge in [0.15, 0.2) is 11.5 Å². The van der Waals surface area contributed by atoms with E-state index in [1.54, 1.807) is 11.3 Å². The molecule has 0 fully saturated rings. The van der Waals surface area contributed by atoms with Gasteiger partial charge in [0.05, 0.1) is 10.4 Å². The van der Waals surface area contributed by atoms with E-state index in [0.29, 0.717) is 0 Å². The standard InChI is InChI=1S/C14H15ClN4S/c1-9(11-6-7-12(15)20-11)16-10(2)14-18-17-13-5-3-4-8-19(13)14/h3-10,16H,1-2H3. The highest BCUT2D eigenvalue weighted by Crippen LogP contribution is 2.28. The van der Waals surface area contributed by atoms with E-state index in [1.807, 2.05) is 34.9 Å². The predicted octanol–water partition coefficient (Wildman–Crippen LogP) is 3.86. The molecule has 3 rings (SSSR count). The third-order valence-electron chi connectivity index (χ3n) is 3.25. The SMILES string of the molecule is CC(NC(C)c1nnc2ccccn12)c1ccc(Cl)s1. The average molecular weight is 307 g/mol. The van der Waals surface area contributed by atoms with Gasteiger partial charge >= 0.3 is 0 Å². The van der Waals surface area contributed by atoms with Crippen LogP contribution in [0.5, 0.6) is 0 Å². The number of hydrogen-bond donors (Lipinski definition) is 1. The summed E-state index contributed by atoms with van der Waals surface area (Å²) in [4.78, 5) is 1.22. The van der Waals surface area contributed by atoms with Gasteiger partial charge in [-0.25, -0.2) is 0 Å². The maximum atomic E-state index is 5.98. The number of nitrogens with one attached hydrogen (secondary N) is 1. The van der Waals surface area contributed by atoms with E-state index in [2.05, 4.69) is 35.4 Å². The maximum absolute atomic E-state index is 5.98. The molecule has 0 spiro atoms. The van der Waals surface area contributed by atoms with Crippen molar-refractivity contribution in [3.8, 4) is 0 Å². The van der Waals surface area contributed by atoms with Crippen molar-refractivity contribution in [2.45, 2.75) is 25.9 Å². The molecule has 3 heterocycles. The second-order valence-electron chi connectivity index (χ2n) is 4.74. The second-order valence-corrected chi connectivity index (χ2v) is 6.49. The van der Waals surface area contributed by atoms with E-state index in [0.717, 1.165) is 15.8 Å². The Balaban J connectivity index is 1.80. The highest BCUT2D eigenvalue weighted by Gasteiger charge is 2.17. The number of rotatable bonds is 4. The number of nitrogens with zero attached hydrogens (tertiary/aromatic N) is 3. The Morgan fingerprint density at radius 1 is 1.15 bits per heavy atom. The van der Waals surface area contributed by atoms with E-state index < -0.39 is 0 Å². The maximum Gasteiger partial charge on any atom is 0.160 e. The van der Waals surface area contributed by atoms with E-state index in [-0.39, 0.29) is 12.1 Å². The fraction of sp³-hybridized carbons (Fsp3) is 0.286. The first-order chi connectivity index (χ1) is 9.65. The molecule has 1 N–H and O–H groups in total. The van der Waals surface area contributed by atoms with Crippen LogP contribution >= 0.6 is 22.9 Å². The summed E-state index contributed by atoms with van der Waals surface area (Å²) in [5.41, 5.74) is 0.864. The van der Waals surface area contributed by atoms with E-state index in [4.69, 9.17) is 11.6 Å². The van der Waals surface area contributed by atoms with Crippen LogP contribution in [0.3, 0.4) is 0 Å². The number of halogens is 1. The molecular weight excluding hydrogens is 292 g/mol. The first-order valence-corrected chi connectivity index (χ1v) is 7.65. The van der Waals surface area contributed by atoms with Gasteiger partial charge in [-0.05, 0) is 38.1 Å². The van der Waals surface area contributed by atoms with Crippen molar-refractivity contribution >= 4 is 28.6 Å². The fourth-order valence-corrected chi connectivity index (χ4v) is 3.32.